The molecule has 5 heteroatoms. The highest BCUT2D eigenvalue weighted by atomic mass is 14.9. The monoisotopic (exact) mass is 291 g/mol. The summed E-state index contributed by atoms with van der Waals surface area (Å²) in [5, 5.41) is 3.26. The summed E-state index contributed by atoms with van der Waals surface area (Å²) in [6.07, 6.45) is 16.2. The molecule has 0 saturated carbocycles. The minimum Gasteiger partial charge on any atom is -0.391 e. The molecule has 3 N–H and O–H groups in total. The summed E-state index contributed by atoms with van der Waals surface area (Å²) in [6.45, 7) is 0.924. The fourth-order valence-corrected chi connectivity index (χ4v) is 2.25. The van der Waals surface area contributed by atoms with E-state index in [1.165, 1.54) is 6.33 Å². The Kier molecular flexibility index (Phi) is 4.25. The Morgan fingerprint density at radius 1 is 1.14 bits per heavy atom. The average molecular weight is 291 g/mol. The topological polar surface area (TPSA) is 76.7 Å². The molecule has 2 aromatic heterocycles. The normalized spacial score (nSPS) is 18.3. The quantitative estimate of drug-likeness (QED) is 0.889. The van der Waals surface area contributed by atoms with Gasteiger partial charge in [0.05, 0.1) is 5.69 Å². The summed E-state index contributed by atoms with van der Waals surface area (Å²) in [6, 6.07) is 3.79. The van der Waals surface area contributed by atoms with Crippen LogP contribution in [0.25, 0.3) is 16.8 Å². The highest BCUT2D eigenvalue weighted by Gasteiger charge is 2.11. The molecule has 0 radical (unpaired) electrons. The second kappa shape index (κ2) is 6.67. The van der Waals surface area contributed by atoms with Crippen molar-refractivity contribution in [3.05, 3.63) is 66.9 Å². The molecule has 22 heavy (non-hydrogen) atoms. The van der Waals surface area contributed by atoms with Crippen LogP contribution in [0.15, 0.2) is 61.4 Å². The lowest BCUT2D eigenvalue weighted by atomic mass is 10.00. The van der Waals surface area contributed by atoms with Gasteiger partial charge in [0.25, 0.3) is 0 Å². The molecule has 0 aromatic carbocycles. The fraction of sp³-hybridized carbons (Fsp3) is 0.118. The van der Waals surface area contributed by atoms with E-state index in [0.29, 0.717) is 5.82 Å². The second-order valence-corrected chi connectivity index (χ2v) is 4.89. The Morgan fingerprint density at radius 3 is 2.86 bits per heavy atom. The van der Waals surface area contributed by atoms with Gasteiger partial charge in [-0.2, -0.15) is 0 Å². The molecule has 2 aromatic rings. The van der Waals surface area contributed by atoms with Gasteiger partial charge in [-0.25, -0.2) is 15.0 Å². The Bertz CT molecular complexity index is 732. The van der Waals surface area contributed by atoms with Gasteiger partial charge in [-0.3, -0.25) is 0 Å². The smallest absolute Gasteiger partial charge is 0.124 e. The van der Waals surface area contributed by atoms with E-state index in [-0.39, 0.29) is 0 Å². The molecular formula is C17H17N5. The van der Waals surface area contributed by atoms with Gasteiger partial charge in [-0.1, -0.05) is 18.2 Å². The standard InChI is InChI=1S/C17H17N5/c18-16-6-5-15(13-4-2-1-3-8-19-9-7-13)17(22-16)14-10-20-12-21-11-14/h1-2,4-7,9-12,19H,3,8H2,(H2,18,22)/b2-1-,9-7?,13-4+. The predicted molar refractivity (Wildman–Crippen MR) is 88.6 cm³/mol. The second-order valence-electron chi connectivity index (χ2n) is 4.89. The maximum atomic E-state index is 5.86. The number of anilines is 1. The van der Waals surface area contributed by atoms with E-state index in [4.69, 9.17) is 5.73 Å². The van der Waals surface area contributed by atoms with Crippen molar-refractivity contribution in [2.24, 2.45) is 0 Å². The average Bonchev–Trinajstić information content (AvgIpc) is 2.69. The number of nitrogens with zero attached hydrogens (tertiary/aromatic N) is 3. The third kappa shape index (κ3) is 3.20. The number of nitrogens with two attached hydrogens (primary N) is 1. The summed E-state index contributed by atoms with van der Waals surface area (Å²) >= 11 is 0. The van der Waals surface area contributed by atoms with Crippen LogP contribution < -0.4 is 11.1 Å². The Hall–Kier alpha value is -2.95. The predicted octanol–water partition coefficient (Wildman–Crippen LogP) is 2.57. The van der Waals surface area contributed by atoms with E-state index in [9.17, 15) is 0 Å². The molecular weight excluding hydrogens is 274 g/mol. The number of aromatic nitrogens is 3. The molecule has 1 aliphatic heterocycles. The SMILES string of the molecule is Nc1ccc(/C2=C/C=C\CCNC=C2)c(-c2cncnc2)n1. The van der Waals surface area contributed by atoms with Crippen LogP contribution >= 0.6 is 0 Å². The Morgan fingerprint density at radius 2 is 2.00 bits per heavy atom. The molecule has 0 bridgehead atoms. The largest absolute Gasteiger partial charge is 0.391 e. The third-order valence-electron chi connectivity index (χ3n) is 3.31. The number of nitrogens with one attached hydrogen (secondary N) is 1. The zero-order valence-electron chi connectivity index (χ0n) is 12.1. The molecule has 3 heterocycles. The van der Waals surface area contributed by atoms with Gasteiger partial charge in [-0.05, 0) is 36.4 Å². The van der Waals surface area contributed by atoms with Crippen LogP contribution in [-0.2, 0) is 0 Å². The van der Waals surface area contributed by atoms with Crippen LogP contribution in [0.2, 0.25) is 0 Å². The summed E-state index contributed by atoms with van der Waals surface area (Å²) in [5.41, 5.74) is 9.53. The molecule has 0 unspecified atom stereocenters. The number of allylic oxidation sites excluding steroid dienone is 4. The molecule has 0 fully saturated rings. The number of hydrogen-bond donors (Lipinski definition) is 2. The van der Waals surface area contributed by atoms with Gasteiger partial charge in [0.2, 0.25) is 0 Å². The maximum absolute atomic E-state index is 5.86. The minimum absolute atomic E-state index is 0.476. The Labute approximate surface area is 129 Å². The van der Waals surface area contributed by atoms with Gasteiger partial charge in [0.1, 0.15) is 12.1 Å². The molecule has 0 aliphatic carbocycles. The van der Waals surface area contributed by atoms with Crippen LogP contribution in [0.3, 0.4) is 0 Å². The molecule has 0 saturated heterocycles. The van der Waals surface area contributed by atoms with E-state index in [1.807, 2.05) is 18.3 Å². The highest BCUT2D eigenvalue weighted by molar-refractivity contribution is 5.84. The van der Waals surface area contributed by atoms with Crippen molar-refractivity contribution in [1.29, 1.82) is 0 Å². The van der Waals surface area contributed by atoms with Crippen molar-refractivity contribution in [2.75, 3.05) is 12.3 Å². The first-order valence-electron chi connectivity index (χ1n) is 7.13. The number of pyridine rings is 1. The zero-order valence-corrected chi connectivity index (χ0v) is 12.1. The van der Waals surface area contributed by atoms with Crippen LogP contribution in [0.1, 0.15) is 12.0 Å². The van der Waals surface area contributed by atoms with Crippen molar-refractivity contribution < 1.29 is 0 Å². The number of nitrogen functional groups attached to an aromatic ring is 1. The first-order valence-corrected chi connectivity index (χ1v) is 7.13. The third-order valence-corrected chi connectivity index (χ3v) is 3.31. The van der Waals surface area contributed by atoms with Crippen molar-refractivity contribution in [1.82, 2.24) is 20.3 Å². The van der Waals surface area contributed by atoms with Crippen LogP contribution in [0, 0.1) is 0 Å². The van der Waals surface area contributed by atoms with Crippen molar-refractivity contribution in [2.45, 2.75) is 6.42 Å². The lowest BCUT2D eigenvalue weighted by Gasteiger charge is -2.10. The first-order chi connectivity index (χ1) is 10.8. The lowest BCUT2D eigenvalue weighted by Crippen LogP contribution is -2.05. The van der Waals surface area contributed by atoms with Gasteiger partial charge in [-0.15, -0.1) is 0 Å². The van der Waals surface area contributed by atoms with Crippen LogP contribution in [-0.4, -0.2) is 21.5 Å². The van der Waals surface area contributed by atoms with E-state index in [1.54, 1.807) is 18.5 Å². The van der Waals surface area contributed by atoms with Crippen molar-refractivity contribution in [3.8, 4) is 11.3 Å². The summed E-state index contributed by atoms with van der Waals surface area (Å²) in [4.78, 5) is 12.6. The highest BCUT2D eigenvalue weighted by Crippen LogP contribution is 2.28. The summed E-state index contributed by atoms with van der Waals surface area (Å²) in [5.74, 6) is 0.476. The molecule has 0 spiro atoms. The van der Waals surface area contributed by atoms with Crippen LogP contribution in [0.4, 0.5) is 5.82 Å². The maximum Gasteiger partial charge on any atom is 0.124 e. The summed E-state index contributed by atoms with van der Waals surface area (Å²) in [7, 11) is 0. The zero-order chi connectivity index (χ0) is 15.2. The number of hydrogen-bond acceptors (Lipinski definition) is 5. The van der Waals surface area contributed by atoms with Crippen molar-refractivity contribution in [3.63, 3.8) is 0 Å². The number of rotatable bonds is 2. The minimum atomic E-state index is 0.476. The fourth-order valence-electron chi connectivity index (χ4n) is 2.25. The summed E-state index contributed by atoms with van der Waals surface area (Å²) < 4.78 is 0. The van der Waals surface area contributed by atoms with Crippen LogP contribution in [0.5, 0.6) is 0 Å². The van der Waals surface area contributed by atoms with Gasteiger partial charge >= 0.3 is 0 Å². The Balaban J connectivity index is 2.12. The molecule has 5 nitrogen and oxygen atoms in total. The van der Waals surface area contributed by atoms with E-state index in [2.05, 4.69) is 38.5 Å². The van der Waals surface area contributed by atoms with E-state index in [0.717, 1.165) is 35.4 Å². The first kappa shape index (κ1) is 14.0. The van der Waals surface area contributed by atoms with Gasteiger partial charge in [0, 0.05) is 30.1 Å². The van der Waals surface area contributed by atoms with Gasteiger partial charge in [0.15, 0.2) is 0 Å². The van der Waals surface area contributed by atoms with Gasteiger partial charge < -0.3 is 11.1 Å². The molecule has 1 aliphatic rings. The molecule has 0 amide bonds. The van der Waals surface area contributed by atoms with Crippen molar-refractivity contribution >= 4 is 11.4 Å². The molecule has 110 valence electrons. The molecule has 3 rings (SSSR count). The van der Waals surface area contributed by atoms with E-state index < -0.39 is 0 Å². The molecule has 0 atom stereocenters. The van der Waals surface area contributed by atoms with E-state index >= 15 is 0 Å². The lowest BCUT2D eigenvalue weighted by molar-refractivity contribution is 0.853.